The Kier molecular flexibility index (Phi) is 4.71. The number of hydrogen-bond acceptors (Lipinski definition) is 3. The predicted octanol–water partition coefficient (Wildman–Crippen LogP) is 3.99. The second-order valence-electron chi connectivity index (χ2n) is 7.17. The highest BCUT2D eigenvalue weighted by atomic mass is 16.1. The van der Waals surface area contributed by atoms with Crippen molar-refractivity contribution < 1.29 is 4.79 Å². The molecule has 132 valence electrons. The van der Waals surface area contributed by atoms with E-state index < -0.39 is 0 Å². The summed E-state index contributed by atoms with van der Waals surface area (Å²) in [5, 5.41) is 9.32. The molecule has 1 amide bonds. The topological polar surface area (TPSA) is 74.8 Å². The first-order valence-corrected chi connectivity index (χ1v) is 8.41. The maximum atomic E-state index is 12.5. The standard InChI is InChI=1S/C21H21N3O2/c1-21(2,3)16-9-7-14(8-10-16)20(26)22-17-6-4-5-15(13-17)18-11-12-19(25)24-23-18/h4-13H,1-3H3,(H,22,26)(H,24,25). The summed E-state index contributed by atoms with van der Waals surface area (Å²) in [7, 11) is 0. The smallest absolute Gasteiger partial charge is 0.264 e. The van der Waals surface area contributed by atoms with E-state index in [9.17, 15) is 9.59 Å². The lowest BCUT2D eigenvalue weighted by Crippen LogP contribution is -2.14. The molecule has 0 aliphatic rings. The molecule has 26 heavy (non-hydrogen) atoms. The molecule has 2 aromatic carbocycles. The summed E-state index contributed by atoms with van der Waals surface area (Å²) in [6.45, 7) is 6.41. The first kappa shape index (κ1) is 17.6. The summed E-state index contributed by atoms with van der Waals surface area (Å²) in [6, 6.07) is 18.0. The van der Waals surface area contributed by atoms with Crippen LogP contribution in [-0.4, -0.2) is 16.1 Å². The van der Waals surface area contributed by atoms with Crippen LogP contribution >= 0.6 is 0 Å². The van der Waals surface area contributed by atoms with Crippen LogP contribution in [0.25, 0.3) is 11.3 Å². The summed E-state index contributed by atoms with van der Waals surface area (Å²) >= 11 is 0. The van der Waals surface area contributed by atoms with Crippen molar-refractivity contribution >= 4 is 11.6 Å². The third-order valence-electron chi connectivity index (χ3n) is 4.11. The molecule has 1 heterocycles. The first-order valence-electron chi connectivity index (χ1n) is 8.41. The molecule has 0 saturated heterocycles. The van der Waals surface area contributed by atoms with E-state index in [4.69, 9.17) is 0 Å². The van der Waals surface area contributed by atoms with Crippen LogP contribution in [0.5, 0.6) is 0 Å². The van der Waals surface area contributed by atoms with Crippen molar-refractivity contribution in [3.05, 3.63) is 82.1 Å². The molecule has 3 aromatic rings. The number of nitrogens with one attached hydrogen (secondary N) is 2. The lowest BCUT2D eigenvalue weighted by Gasteiger charge is -2.19. The minimum Gasteiger partial charge on any atom is -0.322 e. The van der Waals surface area contributed by atoms with Gasteiger partial charge in [0, 0.05) is 22.9 Å². The molecule has 0 aliphatic heterocycles. The fourth-order valence-electron chi connectivity index (χ4n) is 2.59. The van der Waals surface area contributed by atoms with Gasteiger partial charge in [-0.2, -0.15) is 5.10 Å². The lowest BCUT2D eigenvalue weighted by atomic mass is 9.87. The highest BCUT2D eigenvalue weighted by Crippen LogP contribution is 2.23. The number of nitrogens with zero attached hydrogens (tertiary/aromatic N) is 1. The summed E-state index contributed by atoms with van der Waals surface area (Å²) in [4.78, 5) is 23.6. The first-order chi connectivity index (χ1) is 12.3. The van der Waals surface area contributed by atoms with Crippen molar-refractivity contribution in [2.75, 3.05) is 5.32 Å². The van der Waals surface area contributed by atoms with Gasteiger partial charge in [0.1, 0.15) is 0 Å². The van der Waals surface area contributed by atoms with Gasteiger partial charge >= 0.3 is 0 Å². The largest absolute Gasteiger partial charge is 0.322 e. The van der Waals surface area contributed by atoms with Crippen molar-refractivity contribution in [1.29, 1.82) is 0 Å². The van der Waals surface area contributed by atoms with Gasteiger partial charge in [-0.15, -0.1) is 0 Å². The lowest BCUT2D eigenvalue weighted by molar-refractivity contribution is 0.102. The molecule has 1 aromatic heterocycles. The van der Waals surface area contributed by atoms with Gasteiger partial charge in [-0.05, 0) is 41.3 Å². The molecule has 5 heteroatoms. The van der Waals surface area contributed by atoms with Gasteiger partial charge in [0.15, 0.2) is 0 Å². The molecule has 0 spiro atoms. The Labute approximate surface area is 152 Å². The van der Waals surface area contributed by atoms with E-state index in [0.717, 1.165) is 5.56 Å². The Hall–Kier alpha value is -3.21. The molecule has 0 saturated carbocycles. The maximum Gasteiger partial charge on any atom is 0.264 e. The van der Waals surface area contributed by atoms with Gasteiger partial charge in [0.05, 0.1) is 5.69 Å². The zero-order valence-electron chi connectivity index (χ0n) is 15.0. The van der Waals surface area contributed by atoms with Gasteiger partial charge in [-0.1, -0.05) is 45.0 Å². The van der Waals surface area contributed by atoms with Gasteiger partial charge in [-0.3, -0.25) is 9.59 Å². The molecule has 3 rings (SSSR count). The molecule has 0 radical (unpaired) electrons. The van der Waals surface area contributed by atoms with E-state index in [1.807, 2.05) is 48.5 Å². The van der Waals surface area contributed by atoms with E-state index in [0.29, 0.717) is 16.9 Å². The fourth-order valence-corrected chi connectivity index (χ4v) is 2.59. The fraction of sp³-hybridized carbons (Fsp3) is 0.190. The van der Waals surface area contributed by atoms with E-state index in [2.05, 4.69) is 36.3 Å². The van der Waals surface area contributed by atoms with Crippen LogP contribution in [0.15, 0.2) is 65.5 Å². The Morgan fingerprint density at radius 2 is 1.73 bits per heavy atom. The SMILES string of the molecule is CC(C)(C)c1ccc(C(=O)Nc2cccc(-c3ccc(=O)[nH]n3)c2)cc1. The molecule has 0 aliphatic carbocycles. The van der Waals surface area contributed by atoms with Crippen LogP contribution in [0.1, 0.15) is 36.7 Å². The molecule has 5 nitrogen and oxygen atoms in total. The Bertz CT molecular complexity index is 963. The van der Waals surface area contributed by atoms with Crippen LogP contribution in [-0.2, 0) is 5.41 Å². The van der Waals surface area contributed by atoms with Crippen molar-refractivity contribution in [3.63, 3.8) is 0 Å². The molecular formula is C21H21N3O2. The van der Waals surface area contributed by atoms with Crippen LogP contribution in [0.3, 0.4) is 0 Å². The number of aromatic amines is 1. The number of H-pyrrole nitrogens is 1. The number of hydrogen-bond donors (Lipinski definition) is 2. The average molecular weight is 347 g/mol. The van der Waals surface area contributed by atoms with Crippen molar-refractivity contribution in [1.82, 2.24) is 10.2 Å². The normalized spacial score (nSPS) is 11.2. The number of amides is 1. The van der Waals surface area contributed by atoms with E-state index in [1.54, 1.807) is 6.07 Å². The van der Waals surface area contributed by atoms with Crippen LogP contribution in [0.4, 0.5) is 5.69 Å². The number of aromatic nitrogens is 2. The highest BCUT2D eigenvalue weighted by molar-refractivity contribution is 6.04. The zero-order valence-corrected chi connectivity index (χ0v) is 15.0. The number of anilines is 1. The number of carbonyl (C=O) groups excluding carboxylic acids is 1. The van der Waals surface area contributed by atoms with Gasteiger partial charge in [-0.25, -0.2) is 5.10 Å². The summed E-state index contributed by atoms with van der Waals surface area (Å²) in [5.74, 6) is -0.169. The number of rotatable bonds is 3. The third kappa shape index (κ3) is 4.06. The molecule has 0 fully saturated rings. The Morgan fingerprint density at radius 3 is 2.35 bits per heavy atom. The van der Waals surface area contributed by atoms with Gasteiger partial charge < -0.3 is 5.32 Å². The molecule has 0 unspecified atom stereocenters. The minimum atomic E-state index is -0.253. The quantitative estimate of drug-likeness (QED) is 0.752. The summed E-state index contributed by atoms with van der Waals surface area (Å²) < 4.78 is 0. The summed E-state index contributed by atoms with van der Waals surface area (Å²) in [6.07, 6.45) is 0. The molecular weight excluding hydrogens is 326 g/mol. The van der Waals surface area contributed by atoms with Crippen molar-refractivity contribution in [3.8, 4) is 11.3 Å². The van der Waals surface area contributed by atoms with Crippen LogP contribution in [0.2, 0.25) is 0 Å². The van der Waals surface area contributed by atoms with Gasteiger partial charge in [0.25, 0.3) is 11.5 Å². The highest BCUT2D eigenvalue weighted by Gasteiger charge is 2.14. The van der Waals surface area contributed by atoms with Crippen molar-refractivity contribution in [2.24, 2.45) is 0 Å². The van der Waals surface area contributed by atoms with E-state index in [1.165, 1.54) is 11.6 Å². The second-order valence-corrected chi connectivity index (χ2v) is 7.17. The molecule has 2 N–H and O–H groups in total. The monoisotopic (exact) mass is 347 g/mol. The summed E-state index contributed by atoms with van der Waals surface area (Å²) in [5.41, 5.74) is 3.69. The number of benzene rings is 2. The Morgan fingerprint density at radius 1 is 1.00 bits per heavy atom. The van der Waals surface area contributed by atoms with Crippen molar-refractivity contribution in [2.45, 2.75) is 26.2 Å². The number of carbonyl (C=O) groups is 1. The third-order valence-corrected chi connectivity index (χ3v) is 4.11. The average Bonchev–Trinajstić information content (AvgIpc) is 2.62. The van der Waals surface area contributed by atoms with E-state index in [-0.39, 0.29) is 16.9 Å². The zero-order chi connectivity index (χ0) is 18.7. The van der Waals surface area contributed by atoms with E-state index >= 15 is 0 Å². The maximum absolute atomic E-state index is 12.5. The van der Waals surface area contributed by atoms with Crippen LogP contribution in [0, 0.1) is 0 Å². The molecule has 0 atom stereocenters. The Balaban J connectivity index is 1.78. The predicted molar refractivity (Wildman–Crippen MR) is 103 cm³/mol. The van der Waals surface area contributed by atoms with Gasteiger partial charge in [0.2, 0.25) is 0 Å². The minimum absolute atomic E-state index is 0.0486. The van der Waals surface area contributed by atoms with Crippen LogP contribution < -0.4 is 10.9 Å². The molecule has 0 bridgehead atoms. The second kappa shape index (κ2) is 6.96.